The molecule has 6 nitrogen and oxygen atoms in total. The van der Waals surface area contributed by atoms with Gasteiger partial charge < -0.3 is 14.9 Å². The van der Waals surface area contributed by atoms with Crippen molar-refractivity contribution in [1.29, 1.82) is 0 Å². The molecule has 0 saturated carbocycles. The van der Waals surface area contributed by atoms with Crippen molar-refractivity contribution in [3.63, 3.8) is 0 Å². The Morgan fingerprint density at radius 1 is 1.23 bits per heavy atom. The molecule has 22 heavy (non-hydrogen) atoms. The number of likely N-dealkylation sites (N-methyl/N-ethyl adjacent to an activating group) is 1. The number of hydrogen-bond donors (Lipinski definition) is 1. The largest absolute Gasteiger partial charge is 0.507 e. The van der Waals surface area contributed by atoms with Crippen LogP contribution in [0, 0.1) is 0 Å². The Hall–Kier alpha value is -1.60. The third-order valence-corrected chi connectivity index (χ3v) is 4.20. The van der Waals surface area contributed by atoms with Crippen molar-refractivity contribution >= 4 is 27.7 Å². The predicted octanol–water partition coefficient (Wildman–Crippen LogP) is 1.00. The molecule has 0 aliphatic carbocycles. The maximum Gasteiger partial charge on any atom is 0.257 e. The van der Waals surface area contributed by atoms with E-state index in [1.54, 1.807) is 36.0 Å². The number of aromatic hydroxyl groups is 1. The molecule has 1 N–H and O–H groups in total. The van der Waals surface area contributed by atoms with E-state index < -0.39 is 0 Å². The minimum atomic E-state index is -0.177. The number of benzene rings is 1. The number of halogens is 1. The molecule has 0 bridgehead atoms. The molecule has 2 rings (SSSR count). The highest BCUT2D eigenvalue weighted by Gasteiger charge is 2.25. The van der Waals surface area contributed by atoms with Gasteiger partial charge in [0.2, 0.25) is 5.91 Å². The third kappa shape index (κ3) is 3.98. The van der Waals surface area contributed by atoms with E-state index in [-0.39, 0.29) is 17.6 Å². The first-order valence-electron chi connectivity index (χ1n) is 7.09. The lowest BCUT2D eigenvalue weighted by Crippen LogP contribution is -2.51. The van der Waals surface area contributed by atoms with Crippen molar-refractivity contribution in [2.75, 3.05) is 46.8 Å². The van der Waals surface area contributed by atoms with Gasteiger partial charge >= 0.3 is 0 Å². The Bertz CT molecular complexity index is 569. The number of phenols is 1. The van der Waals surface area contributed by atoms with E-state index in [0.717, 1.165) is 4.47 Å². The number of amides is 2. The van der Waals surface area contributed by atoms with Gasteiger partial charge in [-0.1, -0.05) is 15.9 Å². The van der Waals surface area contributed by atoms with E-state index >= 15 is 0 Å². The topological polar surface area (TPSA) is 64.1 Å². The Morgan fingerprint density at radius 3 is 2.41 bits per heavy atom. The summed E-state index contributed by atoms with van der Waals surface area (Å²) in [7, 11) is 3.47. The number of nitrogens with zero attached hydrogens (tertiary/aromatic N) is 3. The van der Waals surface area contributed by atoms with Gasteiger partial charge in [0, 0.05) is 44.7 Å². The van der Waals surface area contributed by atoms with Gasteiger partial charge in [-0.25, -0.2) is 0 Å². The van der Waals surface area contributed by atoms with Gasteiger partial charge in [-0.2, -0.15) is 0 Å². The van der Waals surface area contributed by atoms with E-state index in [2.05, 4.69) is 15.9 Å². The van der Waals surface area contributed by atoms with E-state index in [0.29, 0.717) is 38.3 Å². The molecule has 1 aliphatic rings. The van der Waals surface area contributed by atoms with Crippen LogP contribution in [0.5, 0.6) is 5.75 Å². The minimum Gasteiger partial charge on any atom is -0.507 e. The Kier molecular flexibility index (Phi) is 5.42. The second-order valence-electron chi connectivity index (χ2n) is 5.52. The smallest absolute Gasteiger partial charge is 0.257 e. The fourth-order valence-electron chi connectivity index (χ4n) is 2.30. The molecular formula is C15H20BrN3O3. The number of carbonyl (C=O) groups excluding carboxylic acids is 2. The van der Waals surface area contributed by atoms with Gasteiger partial charge in [0.25, 0.3) is 5.91 Å². The molecule has 7 heteroatoms. The van der Waals surface area contributed by atoms with Crippen LogP contribution in [0.2, 0.25) is 0 Å². The lowest BCUT2D eigenvalue weighted by Gasteiger charge is -2.34. The van der Waals surface area contributed by atoms with Crippen LogP contribution in [0.3, 0.4) is 0 Å². The van der Waals surface area contributed by atoms with Crippen LogP contribution < -0.4 is 0 Å². The van der Waals surface area contributed by atoms with Gasteiger partial charge in [0.05, 0.1) is 12.1 Å². The average Bonchev–Trinajstić information content (AvgIpc) is 2.47. The number of phenolic OH excluding ortho intramolecular Hbond substituents is 1. The first kappa shape index (κ1) is 16.8. The number of rotatable bonds is 3. The SMILES string of the molecule is CN(C)C(=O)CN1CCN(C(=O)c2ccc(Br)cc2O)CC1. The molecule has 0 atom stereocenters. The van der Waals surface area contributed by atoms with Gasteiger partial charge in [0.1, 0.15) is 5.75 Å². The van der Waals surface area contributed by atoms with E-state index in [1.807, 2.05) is 4.90 Å². The summed E-state index contributed by atoms with van der Waals surface area (Å²) < 4.78 is 0.730. The molecule has 0 radical (unpaired) electrons. The maximum absolute atomic E-state index is 12.4. The number of piperazine rings is 1. The molecule has 0 unspecified atom stereocenters. The van der Waals surface area contributed by atoms with Crippen molar-refractivity contribution in [3.05, 3.63) is 28.2 Å². The summed E-state index contributed by atoms with van der Waals surface area (Å²) in [6.45, 7) is 2.79. The van der Waals surface area contributed by atoms with E-state index in [9.17, 15) is 14.7 Å². The molecule has 1 fully saturated rings. The van der Waals surface area contributed by atoms with Crippen LogP contribution in [-0.2, 0) is 4.79 Å². The Morgan fingerprint density at radius 2 is 1.86 bits per heavy atom. The second kappa shape index (κ2) is 7.11. The van der Waals surface area contributed by atoms with Crippen molar-refractivity contribution in [1.82, 2.24) is 14.7 Å². The molecule has 0 aromatic heterocycles. The summed E-state index contributed by atoms with van der Waals surface area (Å²) in [6.07, 6.45) is 0. The van der Waals surface area contributed by atoms with E-state index in [1.165, 1.54) is 6.07 Å². The quantitative estimate of drug-likeness (QED) is 0.863. The highest BCUT2D eigenvalue weighted by atomic mass is 79.9. The second-order valence-corrected chi connectivity index (χ2v) is 6.43. The van der Waals surface area contributed by atoms with Crippen LogP contribution in [0.25, 0.3) is 0 Å². The van der Waals surface area contributed by atoms with E-state index in [4.69, 9.17) is 0 Å². The standard InChI is InChI=1S/C15H20BrN3O3/c1-17(2)14(21)10-18-5-7-19(8-6-18)15(22)12-4-3-11(16)9-13(12)20/h3-4,9,20H,5-8,10H2,1-2H3. The number of carbonyl (C=O) groups is 2. The summed E-state index contributed by atoms with van der Waals surface area (Å²) >= 11 is 3.26. The van der Waals surface area contributed by atoms with Crippen LogP contribution >= 0.6 is 15.9 Å². The molecule has 1 aromatic rings. The average molecular weight is 370 g/mol. The van der Waals surface area contributed by atoms with Crippen molar-refractivity contribution in [3.8, 4) is 5.75 Å². The fraction of sp³-hybridized carbons (Fsp3) is 0.467. The zero-order valence-corrected chi connectivity index (χ0v) is 14.3. The maximum atomic E-state index is 12.4. The normalized spacial score (nSPS) is 15.7. The lowest BCUT2D eigenvalue weighted by atomic mass is 10.1. The molecular weight excluding hydrogens is 350 g/mol. The lowest BCUT2D eigenvalue weighted by molar-refractivity contribution is -0.130. The van der Waals surface area contributed by atoms with Crippen LogP contribution in [-0.4, -0.2) is 78.4 Å². The third-order valence-electron chi connectivity index (χ3n) is 3.71. The summed E-state index contributed by atoms with van der Waals surface area (Å²) in [5, 5.41) is 9.89. The fourth-order valence-corrected chi connectivity index (χ4v) is 2.65. The number of hydrogen-bond acceptors (Lipinski definition) is 4. The molecule has 2 amide bonds. The van der Waals surface area contributed by atoms with Crippen LogP contribution in [0.1, 0.15) is 10.4 Å². The molecule has 1 heterocycles. The van der Waals surface area contributed by atoms with Gasteiger partial charge in [-0.15, -0.1) is 0 Å². The van der Waals surface area contributed by atoms with Crippen molar-refractivity contribution in [2.45, 2.75) is 0 Å². The molecule has 1 aliphatic heterocycles. The Balaban J connectivity index is 1.94. The zero-order valence-electron chi connectivity index (χ0n) is 12.8. The van der Waals surface area contributed by atoms with Crippen LogP contribution in [0.15, 0.2) is 22.7 Å². The van der Waals surface area contributed by atoms with Gasteiger partial charge in [-0.05, 0) is 18.2 Å². The predicted molar refractivity (Wildman–Crippen MR) is 86.8 cm³/mol. The molecule has 120 valence electrons. The molecule has 0 spiro atoms. The summed E-state index contributed by atoms with van der Waals surface area (Å²) in [6, 6.07) is 4.86. The van der Waals surface area contributed by atoms with Gasteiger partial charge in [-0.3, -0.25) is 14.5 Å². The minimum absolute atomic E-state index is 0.0235. The molecule has 1 aromatic carbocycles. The highest BCUT2D eigenvalue weighted by Crippen LogP contribution is 2.24. The van der Waals surface area contributed by atoms with Crippen LogP contribution in [0.4, 0.5) is 0 Å². The summed E-state index contributed by atoms with van der Waals surface area (Å²) in [5.74, 6) is -0.140. The zero-order chi connectivity index (χ0) is 16.3. The van der Waals surface area contributed by atoms with Crippen molar-refractivity contribution in [2.24, 2.45) is 0 Å². The van der Waals surface area contributed by atoms with Gasteiger partial charge in [0.15, 0.2) is 0 Å². The Labute approximate surface area is 138 Å². The first-order valence-corrected chi connectivity index (χ1v) is 7.88. The summed E-state index contributed by atoms with van der Waals surface area (Å²) in [5.41, 5.74) is 0.306. The molecule has 1 saturated heterocycles. The van der Waals surface area contributed by atoms with Crippen molar-refractivity contribution < 1.29 is 14.7 Å². The highest BCUT2D eigenvalue weighted by molar-refractivity contribution is 9.10. The first-order chi connectivity index (χ1) is 10.4. The summed E-state index contributed by atoms with van der Waals surface area (Å²) in [4.78, 5) is 29.4. The monoisotopic (exact) mass is 369 g/mol.